The average molecular weight is 447 g/mol. The SMILES string of the molecule is N=S(=O)(CCC(c1ccc(C2=CNC(N)N=C2)cc1)C(F)(F)F)CC[C@H](N)C(=O)O. The lowest BCUT2D eigenvalue weighted by Gasteiger charge is -2.22. The van der Waals surface area contributed by atoms with E-state index in [4.69, 9.17) is 21.4 Å². The molecule has 1 aromatic rings. The molecule has 1 aliphatic heterocycles. The fourth-order valence-electron chi connectivity index (χ4n) is 2.85. The van der Waals surface area contributed by atoms with Gasteiger partial charge in [-0.1, -0.05) is 24.3 Å². The predicted octanol–water partition coefficient (Wildman–Crippen LogP) is 1.83. The van der Waals surface area contributed by atoms with E-state index in [0.29, 0.717) is 11.1 Å². The third-order valence-corrected chi connectivity index (χ3v) is 6.43. The molecule has 0 saturated carbocycles. The number of carboxylic acids is 1. The van der Waals surface area contributed by atoms with Gasteiger partial charge in [0.25, 0.3) is 0 Å². The topological polar surface area (TPSA) is 155 Å². The van der Waals surface area contributed by atoms with E-state index >= 15 is 0 Å². The first-order valence-electron chi connectivity index (χ1n) is 9.03. The van der Waals surface area contributed by atoms with Gasteiger partial charge >= 0.3 is 12.1 Å². The summed E-state index contributed by atoms with van der Waals surface area (Å²) in [5.74, 6) is -4.09. The molecule has 0 fully saturated rings. The van der Waals surface area contributed by atoms with Crippen LogP contribution in [0.2, 0.25) is 0 Å². The van der Waals surface area contributed by atoms with Crippen molar-refractivity contribution >= 4 is 27.5 Å². The van der Waals surface area contributed by atoms with Crippen LogP contribution in [-0.4, -0.2) is 51.5 Å². The molecule has 4 atom stereocenters. The van der Waals surface area contributed by atoms with Crippen LogP contribution in [0.3, 0.4) is 0 Å². The molecule has 1 aliphatic rings. The molecule has 0 amide bonds. The zero-order valence-corrected chi connectivity index (χ0v) is 16.7. The Balaban J connectivity index is 2.09. The Hall–Kier alpha value is -2.44. The van der Waals surface area contributed by atoms with Gasteiger partial charge in [-0.2, -0.15) is 13.2 Å². The molecule has 0 saturated heterocycles. The van der Waals surface area contributed by atoms with Crippen molar-refractivity contribution in [1.29, 1.82) is 4.78 Å². The second-order valence-corrected chi connectivity index (χ2v) is 9.39. The van der Waals surface area contributed by atoms with Crippen LogP contribution in [0.25, 0.3) is 5.57 Å². The number of aliphatic carboxylic acids is 1. The van der Waals surface area contributed by atoms with Gasteiger partial charge in [0.15, 0.2) is 6.29 Å². The number of aliphatic imine (C=N–C) groups is 1. The predicted molar refractivity (Wildman–Crippen MR) is 108 cm³/mol. The minimum absolute atomic E-state index is 0.0123. The first-order valence-corrected chi connectivity index (χ1v) is 10.9. The van der Waals surface area contributed by atoms with Crippen molar-refractivity contribution in [2.45, 2.75) is 37.3 Å². The van der Waals surface area contributed by atoms with Crippen molar-refractivity contribution < 1.29 is 27.3 Å². The van der Waals surface area contributed by atoms with E-state index in [2.05, 4.69) is 10.3 Å². The third-order valence-electron chi connectivity index (χ3n) is 4.64. The molecule has 0 aromatic heterocycles. The van der Waals surface area contributed by atoms with Gasteiger partial charge in [0.1, 0.15) is 6.04 Å². The molecule has 0 bridgehead atoms. The number of hydrogen-bond donors (Lipinski definition) is 5. The van der Waals surface area contributed by atoms with E-state index in [1.54, 1.807) is 6.20 Å². The van der Waals surface area contributed by atoms with E-state index in [0.717, 1.165) is 0 Å². The van der Waals surface area contributed by atoms with Crippen LogP contribution in [0.1, 0.15) is 29.9 Å². The molecule has 0 radical (unpaired) electrons. The molecule has 1 aromatic carbocycles. The quantitative estimate of drug-likeness (QED) is 0.389. The van der Waals surface area contributed by atoms with Crippen molar-refractivity contribution in [2.75, 3.05) is 11.5 Å². The molecule has 3 unspecified atom stereocenters. The highest BCUT2D eigenvalue weighted by molar-refractivity contribution is 7.92. The normalized spacial score (nSPS) is 20.6. The molecule has 2 rings (SSSR count). The van der Waals surface area contributed by atoms with E-state index in [-0.39, 0.29) is 17.7 Å². The van der Waals surface area contributed by atoms with Crippen LogP contribution in [0, 0.1) is 4.78 Å². The van der Waals surface area contributed by atoms with Crippen LogP contribution in [0.15, 0.2) is 35.5 Å². The van der Waals surface area contributed by atoms with Gasteiger partial charge in [-0.05, 0) is 24.0 Å². The number of benzene rings is 1. The van der Waals surface area contributed by atoms with Crippen LogP contribution in [-0.2, 0) is 14.5 Å². The summed E-state index contributed by atoms with van der Waals surface area (Å²) >= 11 is 0. The van der Waals surface area contributed by atoms with Crippen LogP contribution >= 0.6 is 0 Å². The zero-order valence-electron chi connectivity index (χ0n) is 15.9. The summed E-state index contributed by atoms with van der Waals surface area (Å²) in [5.41, 5.74) is 12.2. The van der Waals surface area contributed by atoms with Crippen molar-refractivity contribution in [2.24, 2.45) is 16.5 Å². The Kier molecular flexibility index (Phi) is 7.61. The van der Waals surface area contributed by atoms with Gasteiger partial charge in [-0.15, -0.1) is 0 Å². The highest BCUT2D eigenvalue weighted by atomic mass is 32.2. The van der Waals surface area contributed by atoms with E-state index < -0.39 is 52.3 Å². The van der Waals surface area contributed by atoms with Gasteiger partial charge in [0, 0.05) is 39.2 Å². The zero-order chi connectivity index (χ0) is 22.5. The van der Waals surface area contributed by atoms with E-state index in [9.17, 15) is 22.2 Å². The molecule has 8 nitrogen and oxygen atoms in total. The van der Waals surface area contributed by atoms with Crippen molar-refractivity contribution in [3.63, 3.8) is 0 Å². The number of hydrogen-bond acceptors (Lipinski definition) is 7. The summed E-state index contributed by atoms with van der Waals surface area (Å²) in [6, 6.07) is 4.41. The summed E-state index contributed by atoms with van der Waals surface area (Å²) in [4.78, 5) is 14.7. The number of halogens is 3. The summed E-state index contributed by atoms with van der Waals surface area (Å²) in [5, 5.41) is 11.5. The van der Waals surface area contributed by atoms with E-state index in [1.807, 2.05) is 0 Å². The highest BCUT2D eigenvalue weighted by Gasteiger charge is 2.40. The monoisotopic (exact) mass is 447 g/mol. The Morgan fingerprint density at radius 3 is 2.37 bits per heavy atom. The standard InChI is InChI=1S/C18H24F3N5O3S/c19-18(20,21)14(5-7-30(24,29)8-6-15(22)16(27)28)12-3-1-11(2-4-12)13-9-25-17(23)26-10-13/h1-4,9-10,14-15,17,24-25H,5-8,22-23H2,(H,27,28)/t14?,15-,17?,30?/m0/s1. The summed E-state index contributed by atoms with van der Waals surface area (Å²) in [6.45, 7) is 0. The number of alkyl halides is 3. The maximum absolute atomic E-state index is 13.6. The first-order chi connectivity index (χ1) is 13.9. The maximum atomic E-state index is 13.6. The average Bonchev–Trinajstić information content (AvgIpc) is 2.66. The van der Waals surface area contributed by atoms with Crippen LogP contribution < -0.4 is 16.8 Å². The lowest BCUT2D eigenvalue weighted by Crippen LogP contribution is -2.34. The first kappa shape index (κ1) is 23.8. The molecular weight excluding hydrogens is 423 g/mol. The van der Waals surface area contributed by atoms with Gasteiger partial charge in [0.05, 0.1) is 5.92 Å². The lowest BCUT2D eigenvalue weighted by molar-refractivity contribution is -0.150. The molecule has 7 N–H and O–H groups in total. The largest absolute Gasteiger partial charge is 0.480 e. The third kappa shape index (κ3) is 6.82. The maximum Gasteiger partial charge on any atom is 0.395 e. The Morgan fingerprint density at radius 2 is 1.87 bits per heavy atom. The fourth-order valence-corrected chi connectivity index (χ4v) is 4.31. The molecule has 0 aliphatic carbocycles. The van der Waals surface area contributed by atoms with Gasteiger partial charge in [0.2, 0.25) is 0 Å². The van der Waals surface area contributed by atoms with Crippen LogP contribution in [0.5, 0.6) is 0 Å². The van der Waals surface area contributed by atoms with Gasteiger partial charge < -0.3 is 16.2 Å². The van der Waals surface area contributed by atoms with Crippen molar-refractivity contribution in [3.05, 3.63) is 41.6 Å². The summed E-state index contributed by atoms with van der Waals surface area (Å²) in [6.07, 6.45) is -2.80. The highest BCUT2D eigenvalue weighted by Crippen LogP contribution is 2.38. The second kappa shape index (κ2) is 9.58. The number of allylic oxidation sites excluding steroid dienone is 1. The number of nitrogens with zero attached hydrogens (tertiary/aromatic N) is 1. The minimum Gasteiger partial charge on any atom is -0.480 e. The molecule has 166 valence electrons. The molecule has 1 heterocycles. The minimum atomic E-state index is -4.59. The smallest absolute Gasteiger partial charge is 0.395 e. The number of rotatable bonds is 9. The second-order valence-electron chi connectivity index (χ2n) is 6.95. The number of carbonyl (C=O) groups is 1. The van der Waals surface area contributed by atoms with Crippen molar-refractivity contribution in [3.8, 4) is 0 Å². The Bertz CT molecular complexity index is 914. The number of nitrogens with one attached hydrogen (secondary N) is 2. The molecule has 0 spiro atoms. The Morgan fingerprint density at radius 1 is 1.27 bits per heavy atom. The van der Waals surface area contributed by atoms with Gasteiger partial charge in [-0.25, -0.2) is 4.21 Å². The lowest BCUT2D eigenvalue weighted by atomic mass is 9.94. The fraction of sp³-hybridized carbons (Fsp3) is 0.444. The molecule has 12 heteroatoms. The number of carboxylic acid groups (broad SMARTS) is 1. The van der Waals surface area contributed by atoms with Crippen molar-refractivity contribution in [1.82, 2.24) is 5.32 Å². The van der Waals surface area contributed by atoms with Crippen LogP contribution in [0.4, 0.5) is 13.2 Å². The molecule has 30 heavy (non-hydrogen) atoms. The van der Waals surface area contributed by atoms with E-state index in [1.165, 1.54) is 30.5 Å². The van der Waals surface area contributed by atoms with Gasteiger partial charge in [-0.3, -0.25) is 20.3 Å². The molecular formula is C18H24F3N5O3S. The summed E-state index contributed by atoms with van der Waals surface area (Å²) in [7, 11) is -3.39. The summed E-state index contributed by atoms with van der Waals surface area (Å²) < 4.78 is 60.8. The number of nitrogens with two attached hydrogens (primary N) is 2. The Labute approximate surface area is 172 Å².